The van der Waals surface area contributed by atoms with Crippen LogP contribution in [0.2, 0.25) is 0 Å². The summed E-state index contributed by atoms with van der Waals surface area (Å²) < 4.78 is 53.0. The number of nitrogens with one attached hydrogen (secondary N) is 1. The molecule has 1 aromatic rings. The SMILES string of the molecule is Nc1nc(=O)n([C@H]2CC[C@@H](CO)O2)cc1C#CCOCCOCCNC(=O)C(F)(F)F. The Balaban J connectivity index is 1.71. The highest BCUT2D eigenvalue weighted by atomic mass is 19.4. The first-order valence-corrected chi connectivity index (χ1v) is 9.36. The van der Waals surface area contributed by atoms with Crippen molar-refractivity contribution >= 4 is 11.7 Å². The maximum atomic E-state index is 12.0. The molecule has 2 heterocycles. The number of nitrogens with two attached hydrogens (primary N) is 1. The number of hydrogen-bond acceptors (Lipinski definition) is 8. The van der Waals surface area contributed by atoms with Crippen molar-refractivity contribution in [3.8, 4) is 11.8 Å². The van der Waals surface area contributed by atoms with Crippen LogP contribution in [-0.4, -0.2) is 72.4 Å². The third kappa shape index (κ3) is 7.83. The third-order valence-electron chi connectivity index (χ3n) is 4.14. The molecular weight excluding hydrogens is 425 g/mol. The average Bonchev–Trinajstić information content (AvgIpc) is 3.18. The van der Waals surface area contributed by atoms with Crippen molar-refractivity contribution in [2.75, 3.05) is 45.3 Å². The summed E-state index contributed by atoms with van der Waals surface area (Å²) in [5.41, 5.74) is 5.47. The van der Waals surface area contributed by atoms with Crippen LogP contribution in [0.5, 0.6) is 0 Å². The van der Waals surface area contributed by atoms with E-state index >= 15 is 0 Å². The number of carbonyl (C=O) groups is 1. The van der Waals surface area contributed by atoms with E-state index in [4.69, 9.17) is 25.1 Å². The summed E-state index contributed by atoms with van der Waals surface area (Å²) in [6.07, 6.45) is -3.19. The van der Waals surface area contributed by atoms with E-state index in [2.05, 4.69) is 16.8 Å². The van der Waals surface area contributed by atoms with E-state index in [1.807, 2.05) is 0 Å². The summed E-state index contributed by atoms with van der Waals surface area (Å²) in [6, 6.07) is 0. The zero-order chi connectivity index (χ0) is 22.9. The quantitative estimate of drug-likeness (QED) is 0.342. The standard InChI is InChI=1S/C18H23F3N4O6/c19-18(20,21)16(27)23-5-7-30-9-8-29-6-1-2-12-10-25(17(28)24-15(12)22)14-4-3-13(11-26)31-14/h10,13-14,26H,3-9,11H2,(H,23,27)(H2,22,24,28)/t13-,14+/m0/s1. The number of nitrogens with zero attached hydrogens (tertiary/aromatic N) is 2. The Hall–Kier alpha value is -2.66. The van der Waals surface area contributed by atoms with Crippen molar-refractivity contribution in [1.29, 1.82) is 0 Å². The highest BCUT2D eigenvalue weighted by Gasteiger charge is 2.38. The number of aliphatic hydroxyl groups excluding tert-OH is 1. The van der Waals surface area contributed by atoms with Crippen LogP contribution in [0.25, 0.3) is 0 Å². The van der Waals surface area contributed by atoms with E-state index in [-0.39, 0.29) is 51.5 Å². The van der Waals surface area contributed by atoms with E-state index in [1.165, 1.54) is 10.8 Å². The Morgan fingerprint density at radius 3 is 2.77 bits per heavy atom. The summed E-state index contributed by atoms with van der Waals surface area (Å²) in [4.78, 5) is 26.4. The van der Waals surface area contributed by atoms with E-state index < -0.39 is 24.0 Å². The molecule has 2 rings (SSSR count). The molecule has 1 fully saturated rings. The summed E-state index contributed by atoms with van der Waals surface area (Å²) in [7, 11) is 0. The lowest BCUT2D eigenvalue weighted by atomic mass is 10.2. The molecule has 0 bridgehead atoms. The minimum absolute atomic E-state index is 0.0131. The van der Waals surface area contributed by atoms with Gasteiger partial charge in [0.15, 0.2) is 0 Å². The van der Waals surface area contributed by atoms with Crippen LogP contribution in [0.3, 0.4) is 0 Å². The molecular formula is C18H23F3N4O6. The fraction of sp³-hybridized carbons (Fsp3) is 0.611. The Kier molecular flexibility index (Phi) is 9.25. The Bertz CT molecular complexity index is 865. The van der Waals surface area contributed by atoms with Crippen molar-refractivity contribution < 1.29 is 37.3 Å². The van der Waals surface area contributed by atoms with Crippen molar-refractivity contribution in [2.45, 2.75) is 31.3 Å². The van der Waals surface area contributed by atoms with Gasteiger partial charge in [-0.05, 0) is 12.8 Å². The van der Waals surface area contributed by atoms with Crippen molar-refractivity contribution in [2.24, 2.45) is 0 Å². The van der Waals surface area contributed by atoms with Gasteiger partial charge in [0.2, 0.25) is 0 Å². The van der Waals surface area contributed by atoms with Crippen molar-refractivity contribution in [3.63, 3.8) is 0 Å². The predicted molar refractivity (Wildman–Crippen MR) is 101 cm³/mol. The zero-order valence-corrected chi connectivity index (χ0v) is 16.5. The molecule has 1 amide bonds. The van der Waals surface area contributed by atoms with Crippen LogP contribution < -0.4 is 16.7 Å². The second-order valence-electron chi connectivity index (χ2n) is 6.42. The number of carbonyl (C=O) groups excluding carboxylic acids is 1. The third-order valence-corrected chi connectivity index (χ3v) is 4.14. The number of aromatic nitrogens is 2. The van der Waals surface area contributed by atoms with Gasteiger partial charge in [0, 0.05) is 12.7 Å². The summed E-state index contributed by atoms with van der Waals surface area (Å²) in [6.45, 7) is -0.259. The molecule has 1 aliphatic rings. The lowest BCUT2D eigenvalue weighted by molar-refractivity contribution is -0.173. The van der Waals surface area contributed by atoms with Crippen LogP contribution in [0, 0.1) is 11.8 Å². The van der Waals surface area contributed by atoms with E-state index in [0.29, 0.717) is 18.4 Å². The first-order valence-electron chi connectivity index (χ1n) is 9.36. The smallest absolute Gasteiger partial charge is 0.394 e. The van der Waals surface area contributed by atoms with Gasteiger partial charge in [-0.2, -0.15) is 18.2 Å². The average molecular weight is 448 g/mol. The van der Waals surface area contributed by atoms with Gasteiger partial charge in [0.05, 0.1) is 38.1 Å². The molecule has 172 valence electrons. The van der Waals surface area contributed by atoms with Crippen molar-refractivity contribution in [1.82, 2.24) is 14.9 Å². The molecule has 0 unspecified atom stereocenters. The number of nitrogen functional groups attached to an aromatic ring is 1. The highest BCUT2D eigenvalue weighted by molar-refractivity contribution is 5.81. The molecule has 13 heteroatoms. The minimum atomic E-state index is -4.92. The number of anilines is 1. The maximum absolute atomic E-state index is 12.0. The molecule has 0 aliphatic carbocycles. The monoisotopic (exact) mass is 448 g/mol. The second kappa shape index (κ2) is 11.7. The number of halogens is 3. The number of ether oxygens (including phenoxy) is 3. The van der Waals surface area contributed by atoms with Gasteiger partial charge in [-0.15, -0.1) is 0 Å². The molecule has 0 saturated carbocycles. The van der Waals surface area contributed by atoms with Gasteiger partial charge < -0.3 is 30.4 Å². The predicted octanol–water partition coefficient (Wildman–Crippen LogP) is -0.441. The number of alkyl halides is 3. The normalized spacial score (nSPS) is 18.5. The van der Waals surface area contributed by atoms with Gasteiger partial charge >= 0.3 is 17.8 Å². The topological polar surface area (TPSA) is 138 Å². The van der Waals surface area contributed by atoms with Crippen molar-refractivity contribution in [3.05, 3.63) is 22.2 Å². The number of amides is 1. The number of hydrogen-bond donors (Lipinski definition) is 3. The Morgan fingerprint density at radius 1 is 1.35 bits per heavy atom. The summed E-state index contributed by atoms with van der Waals surface area (Å²) >= 11 is 0. The fourth-order valence-corrected chi connectivity index (χ4v) is 2.62. The van der Waals surface area contributed by atoms with Crippen LogP contribution in [0.15, 0.2) is 11.0 Å². The zero-order valence-electron chi connectivity index (χ0n) is 16.5. The lowest BCUT2D eigenvalue weighted by Crippen LogP contribution is -2.38. The number of rotatable bonds is 9. The molecule has 1 aromatic heterocycles. The van der Waals surface area contributed by atoms with Crippen LogP contribution >= 0.6 is 0 Å². The maximum Gasteiger partial charge on any atom is 0.471 e. The molecule has 2 atom stereocenters. The van der Waals surface area contributed by atoms with E-state index in [9.17, 15) is 22.8 Å². The molecule has 0 aromatic carbocycles. The second-order valence-corrected chi connectivity index (χ2v) is 6.42. The summed E-state index contributed by atoms with van der Waals surface area (Å²) in [5, 5.41) is 10.8. The minimum Gasteiger partial charge on any atom is -0.394 e. The molecule has 10 nitrogen and oxygen atoms in total. The van der Waals surface area contributed by atoms with Crippen LogP contribution in [0.4, 0.5) is 19.0 Å². The first-order chi connectivity index (χ1) is 14.7. The molecule has 31 heavy (non-hydrogen) atoms. The Morgan fingerprint density at radius 2 is 2.10 bits per heavy atom. The molecule has 4 N–H and O–H groups in total. The van der Waals surface area contributed by atoms with Crippen LogP contribution in [-0.2, 0) is 19.0 Å². The lowest BCUT2D eigenvalue weighted by Gasteiger charge is -2.15. The molecule has 0 spiro atoms. The van der Waals surface area contributed by atoms with Gasteiger partial charge in [-0.3, -0.25) is 9.36 Å². The van der Waals surface area contributed by atoms with Gasteiger partial charge in [0.25, 0.3) is 0 Å². The molecule has 0 radical (unpaired) electrons. The van der Waals surface area contributed by atoms with Crippen LogP contribution in [0.1, 0.15) is 24.6 Å². The van der Waals surface area contributed by atoms with Gasteiger partial charge in [-0.1, -0.05) is 11.8 Å². The fourth-order valence-electron chi connectivity index (χ4n) is 2.62. The highest BCUT2D eigenvalue weighted by Crippen LogP contribution is 2.27. The van der Waals surface area contributed by atoms with E-state index in [0.717, 1.165) is 0 Å². The first kappa shape index (κ1) is 24.6. The Labute approximate surface area is 175 Å². The molecule has 1 saturated heterocycles. The number of aliphatic hydroxyl groups is 1. The molecule has 1 aliphatic heterocycles. The largest absolute Gasteiger partial charge is 0.471 e. The van der Waals surface area contributed by atoms with Gasteiger partial charge in [-0.25, -0.2) is 4.79 Å². The summed E-state index contributed by atoms with van der Waals surface area (Å²) in [5.74, 6) is 3.40. The van der Waals surface area contributed by atoms with Gasteiger partial charge in [0.1, 0.15) is 18.7 Å². The van der Waals surface area contributed by atoms with E-state index in [1.54, 1.807) is 5.32 Å².